The number of nitrogens with one attached hydrogen (secondary N) is 1. The van der Waals surface area contributed by atoms with Crippen LogP contribution in [0.5, 0.6) is 0 Å². The van der Waals surface area contributed by atoms with Gasteiger partial charge in [-0.3, -0.25) is 0 Å². The normalized spacial score (nSPS) is 21.0. The van der Waals surface area contributed by atoms with E-state index < -0.39 is 0 Å². The molecule has 0 heterocycles. The minimum atomic E-state index is 0.260. The van der Waals surface area contributed by atoms with Gasteiger partial charge in [-0.15, -0.1) is 0 Å². The van der Waals surface area contributed by atoms with Gasteiger partial charge in [0, 0.05) is 11.1 Å². The van der Waals surface area contributed by atoms with Gasteiger partial charge in [0.15, 0.2) is 0 Å². The van der Waals surface area contributed by atoms with Gasteiger partial charge in [0.25, 0.3) is 0 Å². The number of rotatable bonds is 5. The number of nitrogens with two attached hydrogens (primary N) is 1. The summed E-state index contributed by atoms with van der Waals surface area (Å²) in [4.78, 5) is 0. The molecule has 1 aliphatic carbocycles. The highest BCUT2D eigenvalue weighted by atomic mass is 35.5. The second kappa shape index (κ2) is 5.60. The fourth-order valence-corrected chi connectivity index (χ4v) is 3.09. The summed E-state index contributed by atoms with van der Waals surface area (Å²) in [6, 6.07) is 6.68. The zero-order chi connectivity index (χ0) is 13.2. The van der Waals surface area contributed by atoms with Crippen molar-refractivity contribution >= 4 is 11.6 Å². The van der Waals surface area contributed by atoms with E-state index >= 15 is 0 Å². The minimum absolute atomic E-state index is 0.260. The molecular formula is C15H23ClN2. The fourth-order valence-electron chi connectivity index (χ4n) is 2.91. The predicted molar refractivity (Wildman–Crippen MR) is 78.0 cm³/mol. The molecule has 0 spiro atoms. The maximum Gasteiger partial charge on any atom is 0.0409 e. The van der Waals surface area contributed by atoms with Crippen molar-refractivity contribution in [2.24, 2.45) is 11.1 Å². The van der Waals surface area contributed by atoms with Crippen molar-refractivity contribution in [2.45, 2.75) is 39.2 Å². The first kappa shape index (κ1) is 13.9. The Morgan fingerprint density at radius 1 is 1.39 bits per heavy atom. The van der Waals surface area contributed by atoms with Crippen molar-refractivity contribution < 1.29 is 0 Å². The molecule has 3 N–H and O–H groups in total. The summed E-state index contributed by atoms with van der Waals surface area (Å²) in [6.07, 6.45) is 3.34. The molecule has 1 aromatic rings. The Hall–Kier alpha value is -0.570. The van der Waals surface area contributed by atoms with Crippen LogP contribution in [0.25, 0.3) is 0 Å². The van der Waals surface area contributed by atoms with Crippen LogP contribution in [0, 0.1) is 5.41 Å². The fraction of sp³-hybridized carbons (Fsp3) is 0.600. The maximum atomic E-state index is 6.12. The minimum Gasteiger partial charge on any atom is -0.330 e. The number of halogens is 1. The number of benzene rings is 1. The van der Waals surface area contributed by atoms with E-state index in [9.17, 15) is 0 Å². The topological polar surface area (TPSA) is 38.0 Å². The lowest BCUT2D eigenvalue weighted by atomic mass is 9.85. The van der Waals surface area contributed by atoms with Crippen molar-refractivity contribution in [2.75, 3.05) is 13.1 Å². The van der Waals surface area contributed by atoms with E-state index in [0.29, 0.717) is 6.04 Å². The molecule has 1 atom stereocenters. The number of fused-ring (bicyclic) bond motifs is 1. The lowest BCUT2D eigenvalue weighted by molar-refractivity contribution is 0.269. The molecule has 1 aromatic carbocycles. The van der Waals surface area contributed by atoms with Gasteiger partial charge in [-0.05, 0) is 61.0 Å². The molecule has 0 radical (unpaired) electrons. The standard InChI is InChI=1S/C15H23ClN2/c1-15(2)10-11-5-6-12(16)9-13(11)14(15)18-8-4-3-7-17/h5-6,9,14,18H,3-4,7-8,10,17H2,1-2H3. The molecule has 0 bridgehead atoms. The molecule has 3 heteroatoms. The van der Waals surface area contributed by atoms with Crippen molar-refractivity contribution in [1.29, 1.82) is 0 Å². The van der Waals surface area contributed by atoms with Gasteiger partial charge in [0.05, 0.1) is 0 Å². The molecule has 1 aliphatic rings. The predicted octanol–water partition coefficient (Wildman–Crippen LogP) is 3.29. The third kappa shape index (κ3) is 2.87. The molecule has 0 saturated heterocycles. The van der Waals surface area contributed by atoms with Crippen LogP contribution in [-0.2, 0) is 6.42 Å². The Labute approximate surface area is 115 Å². The van der Waals surface area contributed by atoms with Crippen LogP contribution in [0.15, 0.2) is 18.2 Å². The van der Waals surface area contributed by atoms with Gasteiger partial charge in [0.1, 0.15) is 0 Å². The van der Waals surface area contributed by atoms with Crippen LogP contribution in [0.2, 0.25) is 5.02 Å². The van der Waals surface area contributed by atoms with E-state index in [4.69, 9.17) is 17.3 Å². The summed E-state index contributed by atoms with van der Waals surface area (Å²) in [5.41, 5.74) is 8.59. The van der Waals surface area contributed by atoms with E-state index in [2.05, 4.69) is 31.3 Å². The van der Waals surface area contributed by atoms with Crippen LogP contribution in [0.3, 0.4) is 0 Å². The third-order valence-electron chi connectivity index (χ3n) is 3.83. The SMILES string of the molecule is CC1(C)Cc2ccc(Cl)cc2C1NCCCCN. The molecule has 100 valence electrons. The monoisotopic (exact) mass is 266 g/mol. The number of unbranched alkanes of at least 4 members (excludes halogenated alkanes) is 1. The van der Waals surface area contributed by atoms with Crippen molar-refractivity contribution in [3.63, 3.8) is 0 Å². The first-order valence-electron chi connectivity index (χ1n) is 6.76. The highest BCUT2D eigenvalue weighted by Crippen LogP contribution is 2.45. The summed E-state index contributed by atoms with van der Waals surface area (Å²) < 4.78 is 0. The zero-order valence-corrected chi connectivity index (χ0v) is 12.1. The largest absolute Gasteiger partial charge is 0.330 e. The van der Waals surface area contributed by atoms with Crippen LogP contribution in [-0.4, -0.2) is 13.1 Å². The zero-order valence-electron chi connectivity index (χ0n) is 11.3. The van der Waals surface area contributed by atoms with Crippen LogP contribution >= 0.6 is 11.6 Å². The molecule has 0 aliphatic heterocycles. The second-order valence-corrected chi connectivity index (χ2v) is 6.33. The average Bonchev–Trinajstić information content (AvgIpc) is 2.55. The smallest absolute Gasteiger partial charge is 0.0409 e. The lowest BCUT2D eigenvalue weighted by Crippen LogP contribution is -2.32. The third-order valence-corrected chi connectivity index (χ3v) is 4.06. The molecule has 18 heavy (non-hydrogen) atoms. The van der Waals surface area contributed by atoms with Gasteiger partial charge in [-0.2, -0.15) is 0 Å². The molecule has 2 rings (SSSR count). The van der Waals surface area contributed by atoms with Crippen molar-refractivity contribution in [3.8, 4) is 0 Å². The highest BCUT2D eigenvalue weighted by Gasteiger charge is 2.38. The summed E-state index contributed by atoms with van der Waals surface area (Å²) in [6.45, 7) is 6.44. The van der Waals surface area contributed by atoms with Gasteiger partial charge < -0.3 is 11.1 Å². The Kier molecular flexibility index (Phi) is 4.31. The Morgan fingerprint density at radius 2 is 2.17 bits per heavy atom. The van der Waals surface area contributed by atoms with E-state index in [1.165, 1.54) is 11.1 Å². The molecule has 2 nitrogen and oxygen atoms in total. The van der Waals surface area contributed by atoms with E-state index in [1.54, 1.807) is 0 Å². The maximum absolute atomic E-state index is 6.12. The lowest BCUT2D eigenvalue weighted by Gasteiger charge is -2.28. The number of hydrogen-bond acceptors (Lipinski definition) is 2. The Morgan fingerprint density at radius 3 is 2.89 bits per heavy atom. The van der Waals surface area contributed by atoms with Crippen LogP contribution in [0.1, 0.15) is 43.9 Å². The van der Waals surface area contributed by atoms with Crippen LogP contribution in [0.4, 0.5) is 0 Å². The summed E-state index contributed by atoms with van der Waals surface area (Å²) in [5, 5.41) is 4.51. The Balaban J connectivity index is 2.10. The molecular weight excluding hydrogens is 244 g/mol. The summed E-state index contributed by atoms with van der Waals surface area (Å²) >= 11 is 6.12. The average molecular weight is 267 g/mol. The molecule has 0 amide bonds. The molecule has 0 fully saturated rings. The summed E-state index contributed by atoms with van der Waals surface area (Å²) in [7, 11) is 0. The molecule has 0 aromatic heterocycles. The molecule has 0 saturated carbocycles. The van der Waals surface area contributed by atoms with E-state index in [1.807, 2.05) is 6.07 Å². The van der Waals surface area contributed by atoms with Gasteiger partial charge in [-0.25, -0.2) is 0 Å². The Bertz CT molecular complexity index is 415. The summed E-state index contributed by atoms with van der Waals surface area (Å²) in [5.74, 6) is 0. The van der Waals surface area contributed by atoms with Gasteiger partial charge in [0.2, 0.25) is 0 Å². The first-order chi connectivity index (χ1) is 8.54. The molecule has 1 unspecified atom stereocenters. The first-order valence-corrected chi connectivity index (χ1v) is 7.14. The quantitative estimate of drug-likeness (QED) is 0.803. The highest BCUT2D eigenvalue weighted by molar-refractivity contribution is 6.30. The van der Waals surface area contributed by atoms with Crippen molar-refractivity contribution in [3.05, 3.63) is 34.3 Å². The second-order valence-electron chi connectivity index (χ2n) is 5.89. The van der Waals surface area contributed by atoms with Gasteiger partial charge >= 0.3 is 0 Å². The van der Waals surface area contributed by atoms with Gasteiger partial charge in [-0.1, -0.05) is 31.5 Å². The van der Waals surface area contributed by atoms with Crippen LogP contribution < -0.4 is 11.1 Å². The van der Waals surface area contributed by atoms with Crippen molar-refractivity contribution in [1.82, 2.24) is 5.32 Å². The van der Waals surface area contributed by atoms with E-state index in [-0.39, 0.29) is 5.41 Å². The number of hydrogen-bond donors (Lipinski definition) is 2. The van der Waals surface area contributed by atoms with E-state index in [0.717, 1.165) is 37.4 Å².